The molecular weight excluding hydrogens is 116 g/mol. The first-order chi connectivity index (χ1) is 4.27. The Morgan fingerprint density at radius 1 is 1.56 bits per heavy atom. The van der Waals surface area contributed by atoms with Crippen LogP contribution in [0.25, 0.3) is 0 Å². The summed E-state index contributed by atoms with van der Waals surface area (Å²) in [7, 11) is 0. The second-order valence-electron chi connectivity index (χ2n) is 3.11. The van der Waals surface area contributed by atoms with Gasteiger partial charge >= 0.3 is 5.97 Å². The number of hydrogen-bond donors (Lipinski definition) is 0. The maximum absolute atomic E-state index is 10.8. The molecule has 0 aromatic heterocycles. The van der Waals surface area contributed by atoms with E-state index in [1.165, 1.54) is 0 Å². The van der Waals surface area contributed by atoms with E-state index in [9.17, 15) is 4.79 Å². The van der Waals surface area contributed by atoms with Crippen molar-refractivity contribution in [2.75, 3.05) is 0 Å². The second-order valence-corrected chi connectivity index (χ2v) is 3.11. The molecule has 50 valence electrons. The van der Waals surface area contributed by atoms with Gasteiger partial charge in [-0.3, -0.25) is 4.79 Å². The van der Waals surface area contributed by atoms with Crippen molar-refractivity contribution in [1.82, 2.24) is 0 Å². The van der Waals surface area contributed by atoms with E-state index in [2.05, 4.69) is 0 Å². The molecule has 2 rings (SSSR count). The number of esters is 1. The fourth-order valence-electron chi connectivity index (χ4n) is 1.43. The third kappa shape index (κ3) is 0.732. The lowest BCUT2D eigenvalue weighted by Crippen LogP contribution is -2.22. The van der Waals surface area contributed by atoms with Crippen LogP contribution in [0.1, 0.15) is 19.8 Å². The fraction of sp³-hybridized carbons (Fsp3) is 0.857. The molecule has 0 aromatic rings. The predicted molar refractivity (Wildman–Crippen MR) is 31.8 cm³/mol. The predicted octanol–water partition coefficient (Wildman–Crippen LogP) is 0.958. The van der Waals surface area contributed by atoms with Gasteiger partial charge in [-0.25, -0.2) is 0 Å². The quantitative estimate of drug-likeness (QED) is 0.452. The van der Waals surface area contributed by atoms with Crippen LogP contribution in [-0.4, -0.2) is 12.1 Å². The summed E-state index contributed by atoms with van der Waals surface area (Å²) in [6.07, 6.45) is 2.49. The van der Waals surface area contributed by atoms with Gasteiger partial charge in [-0.05, 0) is 12.8 Å². The Labute approximate surface area is 54.2 Å². The number of carbonyl (C=O) groups excluding carboxylic acids is 1. The van der Waals surface area contributed by atoms with Crippen molar-refractivity contribution in [3.8, 4) is 0 Å². The third-order valence-electron chi connectivity index (χ3n) is 2.18. The lowest BCUT2D eigenvalue weighted by Gasteiger charge is -2.15. The lowest BCUT2D eigenvalue weighted by atomic mass is 10.0. The highest BCUT2D eigenvalue weighted by molar-refractivity contribution is 5.73. The lowest BCUT2D eigenvalue weighted by molar-refractivity contribution is -0.153. The van der Waals surface area contributed by atoms with E-state index >= 15 is 0 Å². The van der Waals surface area contributed by atoms with Crippen molar-refractivity contribution >= 4 is 5.97 Å². The molecule has 1 aliphatic heterocycles. The molecule has 0 radical (unpaired) electrons. The van der Waals surface area contributed by atoms with Gasteiger partial charge in [0.2, 0.25) is 0 Å². The standard InChI is InChI=1S/C7H10O2/c1-4-2-5-3-6(5)9-7(4)8/h4-6H,2-3H2,1H3. The molecule has 2 fully saturated rings. The first-order valence-electron chi connectivity index (χ1n) is 3.48. The Kier molecular flexibility index (Phi) is 0.875. The molecule has 2 heteroatoms. The molecule has 3 unspecified atom stereocenters. The van der Waals surface area contributed by atoms with Crippen LogP contribution in [0.5, 0.6) is 0 Å². The molecule has 2 aliphatic rings. The maximum atomic E-state index is 10.8. The SMILES string of the molecule is CC1CC2CC2OC1=O. The van der Waals surface area contributed by atoms with E-state index in [4.69, 9.17) is 4.74 Å². The van der Waals surface area contributed by atoms with E-state index in [0.29, 0.717) is 6.10 Å². The number of ether oxygens (including phenoxy) is 1. The van der Waals surface area contributed by atoms with Gasteiger partial charge in [0.25, 0.3) is 0 Å². The molecule has 0 spiro atoms. The van der Waals surface area contributed by atoms with E-state index < -0.39 is 0 Å². The zero-order valence-electron chi connectivity index (χ0n) is 5.46. The van der Waals surface area contributed by atoms with E-state index in [1.807, 2.05) is 6.92 Å². The minimum atomic E-state index is 0.00810. The molecule has 1 heterocycles. The molecule has 0 N–H and O–H groups in total. The van der Waals surface area contributed by atoms with Crippen molar-refractivity contribution in [3.05, 3.63) is 0 Å². The topological polar surface area (TPSA) is 26.3 Å². The van der Waals surface area contributed by atoms with Crippen LogP contribution in [0.2, 0.25) is 0 Å². The molecule has 2 nitrogen and oxygen atoms in total. The van der Waals surface area contributed by atoms with Gasteiger partial charge in [-0.1, -0.05) is 6.92 Å². The Bertz CT molecular complexity index is 153. The number of hydrogen-bond acceptors (Lipinski definition) is 2. The van der Waals surface area contributed by atoms with Crippen LogP contribution >= 0.6 is 0 Å². The molecular formula is C7H10O2. The summed E-state index contributed by atoms with van der Waals surface area (Å²) < 4.78 is 5.03. The summed E-state index contributed by atoms with van der Waals surface area (Å²) in [5.74, 6) is 0.889. The van der Waals surface area contributed by atoms with Gasteiger partial charge in [0.15, 0.2) is 0 Å². The van der Waals surface area contributed by atoms with Crippen LogP contribution in [0.4, 0.5) is 0 Å². The van der Waals surface area contributed by atoms with Crippen molar-refractivity contribution in [2.24, 2.45) is 11.8 Å². The van der Waals surface area contributed by atoms with Gasteiger partial charge in [-0.15, -0.1) is 0 Å². The minimum absolute atomic E-state index is 0.00810. The Balaban J connectivity index is 2.06. The average molecular weight is 126 g/mol. The summed E-state index contributed by atoms with van der Waals surface area (Å²) in [5.41, 5.74) is 0. The van der Waals surface area contributed by atoms with Gasteiger partial charge in [0.1, 0.15) is 6.10 Å². The van der Waals surface area contributed by atoms with E-state index in [-0.39, 0.29) is 11.9 Å². The van der Waals surface area contributed by atoms with Crippen LogP contribution in [-0.2, 0) is 9.53 Å². The highest BCUT2D eigenvalue weighted by Crippen LogP contribution is 2.43. The molecule has 0 amide bonds. The van der Waals surface area contributed by atoms with Crippen molar-refractivity contribution < 1.29 is 9.53 Å². The summed E-state index contributed by atoms with van der Waals surface area (Å²) in [5, 5.41) is 0. The smallest absolute Gasteiger partial charge is 0.308 e. The minimum Gasteiger partial charge on any atom is -0.462 e. The van der Waals surface area contributed by atoms with Crippen molar-refractivity contribution in [1.29, 1.82) is 0 Å². The average Bonchev–Trinajstić information content (AvgIpc) is 2.46. The zero-order chi connectivity index (χ0) is 6.43. The van der Waals surface area contributed by atoms with Gasteiger partial charge < -0.3 is 4.74 Å². The Morgan fingerprint density at radius 3 is 3.00 bits per heavy atom. The normalized spacial score (nSPS) is 47.7. The largest absolute Gasteiger partial charge is 0.462 e. The highest BCUT2D eigenvalue weighted by atomic mass is 16.6. The molecule has 3 atom stereocenters. The van der Waals surface area contributed by atoms with Crippen molar-refractivity contribution in [2.45, 2.75) is 25.9 Å². The van der Waals surface area contributed by atoms with Crippen LogP contribution < -0.4 is 0 Å². The first-order valence-corrected chi connectivity index (χ1v) is 3.48. The number of carbonyl (C=O) groups is 1. The van der Waals surface area contributed by atoms with Gasteiger partial charge in [-0.2, -0.15) is 0 Å². The molecule has 1 saturated heterocycles. The van der Waals surface area contributed by atoms with Gasteiger partial charge in [0.05, 0.1) is 5.92 Å². The van der Waals surface area contributed by atoms with Crippen molar-refractivity contribution in [3.63, 3.8) is 0 Å². The fourth-order valence-corrected chi connectivity index (χ4v) is 1.43. The van der Waals surface area contributed by atoms with E-state index in [0.717, 1.165) is 18.8 Å². The maximum Gasteiger partial charge on any atom is 0.308 e. The Hall–Kier alpha value is -0.530. The Morgan fingerprint density at radius 2 is 2.33 bits per heavy atom. The summed E-state index contributed by atoms with van der Waals surface area (Å²) in [6, 6.07) is 0. The number of rotatable bonds is 0. The van der Waals surface area contributed by atoms with E-state index in [1.54, 1.807) is 0 Å². The summed E-state index contributed by atoms with van der Waals surface area (Å²) >= 11 is 0. The molecule has 9 heavy (non-hydrogen) atoms. The second kappa shape index (κ2) is 1.49. The summed E-state index contributed by atoms with van der Waals surface area (Å²) in [4.78, 5) is 10.8. The highest BCUT2D eigenvalue weighted by Gasteiger charge is 2.46. The molecule has 0 aromatic carbocycles. The third-order valence-corrected chi connectivity index (χ3v) is 2.18. The van der Waals surface area contributed by atoms with Gasteiger partial charge in [0, 0.05) is 5.92 Å². The first kappa shape index (κ1) is 5.27. The molecule has 0 bridgehead atoms. The van der Waals surface area contributed by atoms with Crippen LogP contribution in [0.15, 0.2) is 0 Å². The van der Waals surface area contributed by atoms with Crippen LogP contribution in [0, 0.1) is 11.8 Å². The van der Waals surface area contributed by atoms with Crippen LogP contribution in [0.3, 0.4) is 0 Å². The summed E-state index contributed by atoms with van der Waals surface area (Å²) in [6.45, 7) is 1.94. The monoisotopic (exact) mass is 126 g/mol. The number of fused-ring (bicyclic) bond motifs is 1. The molecule has 1 saturated carbocycles. The molecule has 1 aliphatic carbocycles. The zero-order valence-corrected chi connectivity index (χ0v) is 5.46.